The highest BCUT2D eigenvalue weighted by atomic mass is 32.2. The van der Waals surface area contributed by atoms with E-state index in [2.05, 4.69) is 10.3 Å². The van der Waals surface area contributed by atoms with Crippen molar-refractivity contribution < 1.29 is 17.9 Å². The molecule has 1 amide bonds. The van der Waals surface area contributed by atoms with Crippen molar-refractivity contribution in [2.24, 2.45) is 0 Å². The van der Waals surface area contributed by atoms with Gasteiger partial charge in [-0.15, -0.1) is 4.41 Å². The number of amides is 1. The Morgan fingerprint density at radius 1 is 1.34 bits per heavy atom. The Morgan fingerprint density at radius 2 is 2.03 bits per heavy atom. The quantitative estimate of drug-likeness (QED) is 0.714. The molecule has 1 aromatic heterocycles. The molecular formula is C19H26N4O4S2. The number of nitrogens with one attached hydrogen (secondary N) is 1. The third-order valence-corrected chi connectivity index (χ3v) is 7.77. The Labute approximate surface area is 175 Å². The molecular weight excluding hydrogens is 412 g/mol. The largest absolute Gasteiger partial charge is 0.495 e. The third-order valence-electron chi connectivity index (χ3n) is 4.73. The topological polar surface area (TPSA) is 91.8 Å². The van der Waals surface area contributed by atoms with Crippen molar-refractivity contribution in [1.29, 1.82) is 0 Å². The molecule has 158 valence electrons. The Hall–Kier alpha value is -2.01. The fourth-order valence-corrected chi connectivity index (χ4v) is 6.17. The predicted molar refractivity (Wildman–Crippen MR) is 114 cm³/mol. The van der Waals surface area contributed by atoms with E-state index >= 15 is 0 Å². The number of carbonyl (C=O) groups excluding carboxylic acids is 1. The molecule has 0 saturated carbocycles. The number of rotatable bonds is 7. The number of nitrogens with zero attached hydrogens (tertiary/aromatic N) is 3. The Bertz CT molecular complexity index is 998. The van der Waals surface area contributed by atoms with Crippen molar-refractivity contribution >= 4 is 32.4 Å². The standard InChI is InChI=1S/C19H26N4O4S2/c1-5-23(22-10-6-7-11-22)29(25,26)17-12-15(8-9-16(17)27-4)18-13(2)20-19(28-18)21-14(3)24/h8-9,12H,5-7,10-11H2,1-4H3,(H,20,21,24). The van der Waals surface area contributed by atoms with Crippen LogP contribution in [0.1, 0.15) is 32.4 Å². The van der Waals surface area contributed by atoms with E-state index in [9.17, 15) is 13.2 Å². The smallest absolute Gasteiger partial charge is 0.259 e. The molecule has 0 aliphatic carbocycles. The van der Waals surface area contributed by atoms with E-state index in [-0.39, 0.29) is 10.8 Å². The first kappa shape index (κ1) is 21.7. The molecule has 0 radical (unpaired) electrons. The molecule has 0 unspecified atom stereocenters. The van der Waals surface area contributed by atoms with Crippen molar-refractivity contribution in [1.82, 2.24) is 14.4 Å². The maximum absolute atomic E-state index is 13.5. The molecule has 29 heavy (non-hydrogen) atoms. The van der Waals surface area contributed by atoms with Crippen molar-refractivity contribution in [3.8, 4) is 16.2 Å². The van der Waals surface area contributed by atoms with Gasteiger partial charge in [0.2, 0.25) is 5.91 Å². The lowest BCUT2D eigenvalue weighted by Crippen LogP contribution is -2.44. The van der Waals surface area contributed by atoms with Crippen LogP contribution in [0.5, 0.6) is 5.75 Å². The SMILES string of the molecule is CCN(N1CCCC1)S(=O)(=O)c1cc(-c2sc(NC(C)=O)nc2C)ccc1OC. The van der Waals surface area contributed by atoms with Crippen LogP contribution in [-0.2, 0) is 14.8 Å². The molecule has 0 atom stereocenters. The number of sulfonamides is 1. The van der Waals surface area contributed by atoms with Gasteiger partial charge in [0, 0.05) is 26.6 Å². The van der Waals surface area contributed by atoms with Crippen LogP contribution in [0.4, 0.5) is 5.13 Å². The van der Waals surface area contributed by atoms with Crippen LogP contribution in [0.2, 0.25) is 0 Å². The number of aryl methyl sites for hydroxylation is 1. The van der Waals surface area contributed by atoms with E-state index in [1.807, 2.05) is 24.9 Å². The van der Waals surface area contributed by atoms with Gasteiger partial charge in [0.1, 0.15) is 10.6 Å². The lowest BCUT2D eigenvalue weighted by Gasteiger charge is -2.30. The highest BCUT2D eigenvalue weighted by Gasteiger charge is 2.33. The lowest BCUT2D eigenvalue weighted by atomic mass is 10.1. The number of methoxy groups -OCH3 is 1. The van der Waals surface area contributed by atoms with E-state index < -0.39 is 10.0 Å². The third kappa shape index (κ3) is 4.45. The molecule has 1 fully saturated rings. The molecule has 10 heteroatoms. The Morgan fingerprint density at radius 3 is 2.62 bits per heavy atom. The summed E-state index contributed by atoms with van der Waals surface area (Å²) < 4.78 is 33.8. The normalized spacial score (nSPS) is 15.1. The molecule has 1 aliphatic heterocycles. The van der Waals surface area contributed by atoms with E-state index in [0.717, 1.165) is 36.5 Å². The maximum atomic E-state index is 13.5. The van der Waals surface area contributed by atoms with Gasteiger partial charge in [-0.25, -0.2) is 18.4 Å². The molecule has 3 rings (SSSR count). The minimum absolute atomic E-state index is 0.125. The van der Waals surface area contributed by atoms with Gasteiger partial charge in [-0.1, -0.05) is 11.3 Å². The van der Waals surface area contributed by atoms with Gasteiger partial charge in [-0.3, -0.25) is 4.79 Å². The van der Waals surface area contributed by atoms with Crippen molar-refractivity contribution in [2.75, 3.05) is 32.1 Å². The molecule has 0 spiro atoms. The summed E-state index contributed by atoms with van der Waals surface area (Å²) in [5, 5.41) is 5.05. The van der Waals surface area contributed by atoms with Gasteiger partial charge in [0.15, 0.2) is 5.13 Å². The summed E-state index contributed by atoms with van der Waals surface area (Å²) in [6.07, 6.45) is 1.96. The van der Waals surface area contributed by atoms with Crippen LogP contribution in [0.3, 0.4) is 0 Å². The number of carbonyl (C=O) groups is 1. The van der Waals surface area contributed by atoms with Gasteiger partial charge in [-0.05, 0) is 50.5 Å². The zero-order valence-corrected chi connectivity index (χ0v) is 18.7. The molecule has 2 heterocycles. The van der Waals surface area contributed by atoms with Crippen LogP contribution >= 0.6 is 11.3 Å². The molecule has 1 saturated heterocycles. The van der Waals surface area contributed by atoms with Crippen molar-refractivity contribution in [3.63, 3.8) is 0 Å². The number of benzene rings is 1. The maximum Gasteiger partial charge on any atom is 0.259 e. The van der Waals surface area contributed by atoms with Crippen molar-refractivity contribution in [3.05, 3.63) is 23.9 Å². The summed E-state index contributed by atoms with van der Waals surface area (Å²) in [5.41, 5.74) is 1.44. The van der Waals surface area contributed by atoms with Crippen molar-refractivity contribution in [2.45, 2.75) is 38.5 Å². The van der Waals surface area contributed by atoms with Crippen LogP contribution in [0, 0.1) is 6.92 Å². The number of anilines is 1. The first-order chi connectivity index (χ1) is 13.8. The van der Waals surface area contributed by atoms with Gasteiger partial charge < -0.3 is 10.1 Å². The summed E-state index contributed by atoms with van der Waals surface area (Å²) in [7, 11) is -2.32. The summed E-state index contributed by atoms with van der Waals surface area (Å²) >= 11 is 1.31. The molecule has 2 aromatic rings. The number of hydrazine groups is 1. The number of hydrogen-bond donors (Lipinski definition) is 1. The van der Waals surface area contributed by atoms with E-state index in [1.165, 1.54) is 29.8 Å². The summed E-state index contributed by atoms with van der Waals surface area (Å²) in [6, 6.07) is 5.10. The van der Waals surface area contributed by atoms with Crippen LogP contribution in [0.25, 0.3) is 10.4 Å². The number of hydrogen-bond acceptors (Lipinski definition) is 7. The highest BCUT2D eigenvalue weighted by Crippen LogP contribution is 2.37. The average molecular weight is 439 g/mol. The minimum Gasteiger partial charge on any atom is -0.495 e. The zero-order chi connectivity index (χ0) is 21.2. The second-order valence-electron chi connectivity index (χ2n) is 6.78. The Kier molecular flexibility index (Phi) is 6.57. The number of ether oxygens (including phenoxy) is 1. The number of aromatic nitrogens is 1. The first-order valence-electron chi connectivity index (χ1n) is 9.49. The van der Waals surface area contributed by atoms with Crippen LogP contribution < -0.4 is 10.1 Å². The van der Waals surface area contributed by atoms with E-state index in [0.29, 0.717) is 23.0 Å². The summed E-state index contributed by atoms with van der Waals surface area (Å²) in [6.45, 7) is 6.89. The first-order valence-corrected chi connectivity index (χ1v) is 11.7. The lowest BCUT2D eigenvalue weighted by molar-refractivity contribution is -0.114. The van der Waals surface area contributed by atoms with Crippen LogP contribution in [0.15, 0.2) is 23.1 Å². The molecule has 1 aromatic carbocycles. The molecule has 8 nitrogen and oxygen atoms in total. The summed E-state index contributed by atoms with van der Waals surface area (Å²) in [5.74, 6) is 0.100. The predicted octanol–water partition coefficient (Wildman–Crippen LogP) is 3.11. The van der Waals surface area contributed by atoms with Crippen LogP contribution in [-0.4, -0.2) is 55.5 Å². The fourth-order valence-electron chi connectivity index (χ4n) is 3.45. The second kappa shape index (κ2) is 8.78. The van der Waals surface area contributed by atoms with Gasteiger partial charge >= 0.3 is 0 Å². The molecule has 0 bridgehead atoms. The zero-order valence-electron chi connectivity index (χ0n) is 17.1. The second-order valence-corrected chi connectivity index (χ2v) is 9.60. The van der Waals surface area contributed by atoms with E-state index in [4.69, 9.17) is 4.74 Å². The fraction of sp³-hybridized carbons (Fsp3) is 0.474. The summed E-state index contributed by atoms with van der Waals surface area (Å²) in [4.78, 5) is 16.6. The minimum atomic E-state index is -3.78. The average Bonchev–Trinajstić information content (AvgIpc) is 3.31. The number of thiazole rings is 1. The monoisotopic (exact) mass is 438 g/mol. The van der Waals surface area contributed by atoms with Gasteiger partial charge in [0.25, 0.3) is 10.0 Å². The highest BCUT2D eigenvalue weighted by molar-refractivity contribution is 7.89. The van der Waals surface area contributed by atoms with E-state index in [1.54, 1.807) is 12.1 Å². The molecule has 1 aliphatic rings. The van der Waals surface area contributed by atoms with Gasteiger partial charge in [-0.2, -0.15) is 0 Å². The van der Waals surface area contributed by atoms with Gasteiger partial charge in [0.05, 0.1) is 17.7 Å². The molecule has 1 N–H and O–H groups in total. The Balaban J connectivity index is 2.05.